The molecule has 0 saturated carbocycles. The molecule has 1 aromatic carbocycles. The lowest BCUT2D eigenvalue weighted by molar-refractivity contribution is 0.259. The van der Waals surface area contributed by atoms with Crippen LogP contribution in [0.25, 0.3) is 0 Å². The Balaban J connectivity index is 2.70. The Morgan fingerprint density at radius 2 is 1.94 bits per heavy atom. The fraction of sp³-hybridized carbons (Fsp3) is 0.571. The Labute approximate surface area is 113 Å². The zero-order chi connectivity index (χ0) is 13.8. The summed E-state index contributed by atoms with van der Waals surface area (Å²) in [5.41, 5.74) is 0.373. The second-order valence-electron chi connectivity index (χ2n) is 5.49. The van der Waals surface area contributed by atoms with Crippen molar-refractivity contribution in [2.75, 3.05) is 5.88 Å². The fourth-order valence-corrected chi connectivity index (χ4v) is 2.09. The van der Waals surface area contributed by atoms with Crippen LogP contribution in [0.4, 0.5) is 8.78 Å². The molecule has 0 aliphatic rings. The van der Waals surface area contributed by atoms with Crippen LogP contribution in [0.3, 0.4) is 0 Å². The van der Waals surface area contributed by atoms with Crippen molar-refractivity contribution in [3.8, 4) is 0 Å². The van der Waals surface area contributed by atoms with Gasteiger partial charge in [-0.3, -0.25) is 0 Å². The molecule has 0 aromatic heterocycles. The summed E-state index contributed by atoms with van der Waals surface area (Å²) in [6, 6.07) is 4.39. The van der Waals surface area contributed by atoms with Gasteiger partial charge in [0.1, 0.15) is 0 Å². The van der Waals surface area contributed by atoms with Crippen molar-refractivity contribution in [3.05, 3.63) is 35.4 Å². The largest absolute Gasteiger partial charge is 0.309 e. The van der Waals surface area contributed by atoms with Crippen molar-refractivity contribution in [3.63, 3.8) is 0 Å². The van der Waals surface area contributed by atoms with E-state index in [0.717, 1.165) is 12.5 Å². The van der Waals surface area contributed by atoms with Crippen LogP contribution in [-0.4, -0.2) is 11.9 Å². The van der Waals surface area contributed by atoms with Gasteiger partial charge in [-0.25, -0.2) is 8.78 Å². The molecular formula is C14H20ClF2N. The van der Waals surface area contributed by atoms with Crippen LogP contribution < -0.4 is 5.32 Å². The first-order valence-electron chi connectivity index (χ1n) is 6.08. The third-order valence-electron chi connectivity index (χ3n) is 3.01. The van der Waals surface area contributed by atoms with Crippen molar-refractivity contribution in [1.82, 2.24) is 5.32 Å². The minimum atomic E-state index is -0.807. The summed E-state index contributed by atoms with van der Waals surface area (Å²) in [7, 11) is 0. The summed E-state index contributed by atoms with van der Waals surface area (Å²) in [4.78, 5) is 0. The van der Waals surface area contributed by atoms with Crippen LogP contribution in [-0.2, 0) is 6.54 Å². The van der Waals surface area contributed by atoms with Crippen LogP contribution in [0.15, 0.2) is 18.2 Å². The molecule has 1 nitrogen and oxygen atoms in total. The summed E-state index contributed by atoms with van der Waals surface area (Å²) >= 11 is 5.77. The first kappa shape index (κ1) is 15.4. The van der Waals surface area contributed by atoms with E-state index in [4.69, 9.17) is 11.6 Å². The van der Waals surface area contributed by atoms with Gasteiger partial charge in [0.15, 0.2) is 11.6 Å². The van der Waals surface area contributed by atoms with E-state index in [0.29, 0.717) is 18.0 Å². The molecular weight excluding hydrogens is 256 g/mol. The first-order valence-corrected chi connectivity index (χ1v) is 6.62. The molecule has 4 heteroatoms. The molecule has 1 atom stereocenters. The molecule has 0 radical (unpaired) electrons. The average molecular weight is 276 g/mol. The SMILES string of the molecule is CC(C)(C)C(CCCl)NCc1cccc(F)c1F. The molecule has 1 rings (SSSR count). The molecule has 0 heterocycles. The molecule has 1 N–H and O–H groups in total. The molecule has 0 bridgehead atoms. The van der Waals surface area contributed by atoms with Gasteiger partial charge in [-0.05, 0) is 17.9 Å². The van der Waals surface area contributed by atoms with Gasteiger partial charge in [-0.1, -0.05) is 32.9 Å². The van der Waals surface area contributed by atoms with Crippen molar-refractivity contribution in [2.45, 2.75) is 39.8 Å². The molecule has 0 spiro atoms. The normalized spacial score (nSPS) is 13.7. The topological polar surface area (TPSA) is 12.0 Å². The Kier molecular flexibility index (Phi) is 5.54. The molecule has 0 saturated heterocycles. The summed E-state index contributed by atoms with van der Waals surface area (Å²) in [6.45, 7) is 6.60. The number of hydrogen-bond donors (Lipinski definition) is 1. The van der Waals surface area contributed by atoms with Gasteiger partial charge in [-0.15, -0.1) is 11.6 Å². The lowest BCUT2D eigenvalue weighted by Gasteiger charge is -2.31. The van der Waals surface area contributed by atoms with Crippen molar-refractivity contribution >= 4 is 11.6 Å². The van der Waals surface area contributed by atoms with Gasteiger partial charge in [0.05, 0.1) is 0 Å². The Morgan fingerprint density at radius 3 is 2.50 bits per heavy atom. The van der Waals surface area contributed by atoms with E-state index < -0.39 is 11.6 Å². The van der Waals surface area contributed by atoms with Gasteiger partial charge < -0.3 is 5.32 Å². The smallest absolute Gasteiger partial charge is 0.163 e. The Hall–Kier alpha value is -0.670. The Morgan fingerprint density at radius 1 is 1.28 bits per heavy atom. The highest BCUT2D eigenvalue weighted by Gasteiger charge is 2.23. The lowest BCUT2D eigenvalue weighted by atomic mass is 9.85. The van der Waals surface area contributed by atoms with Crippen molar-refractivity contribution in [2.24, 2.45) is 5.41 Å². The van der Waals surface area contributed by atoms with Crippen molar-refractivity contribution < 1.29 is 8.78 Å². The fourth-order valence-electron chi connectivity index (χ4n) is 1.87. The third-order valence-corrected chi connectivity index (χ3v) is 3.23. The van der Waals surface area contributed by atoms with E-state index in [9.17, 15) is 8.78 Å². The predicted octanol–water partition coefficient (Wildman–Crippen LogP) is 4.10. The molecule has 0 aliphatic carbocycles. The van der Waals surface area contributed by atoms with E-state index >= 15 is 0 Å². The van der Waals surface area contributed by atoms with Gasteiger partial charge in [-0.2, -0.15) is 0 Å². The Bertz CT molecular complexity index is 388. The summed E-state index contributed by atoms with van der Waals surface area (Å²) in [5, 5.41) is 3.25. The van der Waals surface area contributed by atoms with E-state index in [1.165, 1.54) is 6.07 Å². The van der Waals surface area contributed by atoms with E-state index in [2.05, 4.69) is 26.1 Å². The highest BCUT2D eigenvalue weighted by molar-refractivity contribution is 6.17. The van der Waals surface area contributed by atoms with E-state index in [1.807, 2.05) is 0 Å². The summed E-state index contributed by atoms with van der Waals surface area (Å²) in [6.07, 6.45) is 0.794. The number of hydrogen-bond acceptors (Lipinski definition) is 1. The maximum atomic E-state index is 13.5. The maximum absolute atomic E-state index is 13.5. The number of halogens is 3. The quantitative estimate of drug-likeness (QED) is 0.798. The number of benzene rings is 1. The second-order valence-corrected chi connectivity index (χ2v) is 5.87. The monoisotopic (exact) mass is 275 g/mol. The number of rotatable bonds is 5. The number of alkyl halides is 1. The molecule has 0 amide bonds. The lowest BCUT2D eigenvalue weighted by Crippen LogP contribution is -2.40. The van der Waals surface area contributed by atoms with Gasteiger partial charge in [0.25, 0.3) is 0 Å². The van der Waals surface area contributed by atoms with Gasteiger partial charge in [0, 0.05) is 24.0 Å². The zero-order valence-electron chi connectivity index (χ0n) is 11.1. The standard InChI is InChI=1S/C14H20ClF2N/c1-14(2,3)12(7-8-15)18-9-10-5-4-6-11(16)13(10)17/h4-6,12,18H,7-9H2,1-3H3. The van der Waals surface area contributed by atoms with Gasteiger partial charge in [0.2, 0.25) is 0 Å². The molecule has 0 aliphatic heterocycles. The molecule has 0 fully saturated rings. The third kappa shape index (κ3) is 4.21. The van der Waals surface area contributed by atoms with E-state index in [-0.39, 0.29) is 11.5 Å². The first-order chi connectivity index (χ1) is 8.36. The van der Waals surface area contributed by atoms with Crippen LogP contribution >= 0.6 is 11.6 Å². The highest BCUT2D eigenvalue weighted by Crippen LogP contribution is 2.23. The average Bonchev–Trinajstić information content (AvgIpc) is 2.28. The minimum absolute atomic E-state index is 0.0265. The second kappa shape index (κ2) is 6.48. The highest BCUT2D eigenvalue weighted by atomic mass is 35.5. The number of nitrogens with one attached hydrogen (secondary N) is 1. The van der Waals surface area contributed by atoms with Crippen LogP contribution in [0.1, 0.15) is 32.8 Å². The molecule has 102 valence electrons. The van der Waals surface area contributed by atoms with Crippen molar-refractivity contribution in [1.29, 1.82) is 0 Å². The zero-order valence-corrected chi connectivity index (χ0v) is 11.8. The van der Waals surface area contributed by atoms with Crippen LogP contribution in [0.2, 0.25) is 0 Å². The van der Waals surface area contributed by atoms with Crippen LogP contribution in [0, 0.1) is 17.0 Å². The van der Waals surface area contributed by atoms with E-state index in [1.54, 1.807) is 6.07 Å². The molecule has 1 aromatic rings. The predicted molar refractivity (Wildman–Crippen MR) is 71.8 cm³/mol. The van der Waals surface area contributed by atoms with Crippen LogP contribution in [0.5, 0.6) is 0 Å². The molecule has 18 heavy (non-hydrogen) atoms. The minimum Gasteiger partial charge on any atom is -0.309 e. The molecule has 1 unspecified atom stereocenters. The van der Waals surface area contributed by atoms with Gasteiger partial charge >= 0.3 is 0 Å². The maximum Gasteiger partial charge on any atom is 0.163 e. The summed E-state index contributed by atoms with van der Waals surface area (Å²) < 4.78 is 26.6. The summed E-state index contributed by atoms with van der Waals surface area (Å²) in [5.74, 6) is -1.04.